The Morgan fingerprint density at radius 3 is 2.91 bits per heavy atom. The Morgan fingerprint density at radius 1 is 1.45 bits per heavy atom. The first-order valence-electron chi connectivity index (χ1n) is 6.41. The van der Waals surface area contributed by atoms with E-state index in [1.807, 2.05) is 0 Å². The van der Waals surface area contributed by atoms with Crippen LogP contribution in [0.1, 0.15) is 18.9 Å². The number of thiophene rings is 1. The van der Waals surface area contributed by atoms with Crippen LogP contribution in [-0.4, -0.2) is 40.7 Å². The maximum Gasteiger partial charge on any atom is 0.313 e. The molecule has 10 heteroatoms. The standard InChI is InChI=1S/C12H16N2O6S2/c1-3-20-10(15)4-9-13-12-11(22(16,17)14-9)8(6-21-12)5-19-7-18-2/h6H,3-5,7H2,1-2H3,(H,13,14). The minimum atomic E-state index is -3.87. The molecular formula is C12H16N2O6S2. The van der Waals surface area contributed by atoms with Crippen molar-refractivity contribution in [1.82, 2.24) is 0 Å². The van der Waals surface area contributed by atoms with E-state index in [2.05, 4.69) is 9.71 Å². The summed E-state index contributed by atoms with van der Waals surface area (Å²) in [6, 6.07) is 0. The lowest BCUT2D eigenvalue weighted by molar-refractivity contribution is -0.141. The smallest absolute Gasteiger partial charge is 0.313 e. The zero-order valence-electron chi connectivity index (χ0n) is 12.1. The largest absolute Gasteiger partial charge is 0.466 e. The minimum Gasteiger partial charge on any atom is -0.466 e. The van der Waals surface area contributed by atoms with Crippen LogP contribution in [0.25, 0.3) is 0 Å². The van der Waals surface area contributed by atoms with Crippen LogP contribution in [0.4, 0.5) is 5.00 Å². The van der Waals surface area contributed by atoms with Crippen molar-refractivity contribution < 1.29 is 27.4 Å². The van der Waals surface area contributed by atoms with Gasteiger partial charge in [0.25, 0.3) is 10.0 Å². The van der Waals surface area contributed by atoms with E-state index in [1.54, 1.807) is 12.3 Å². The van der Waals surface area contributed by atoms with E-state index < -0.39 is 16.0 Å². The molecule has 22 heavy (non-hydrogen) atoms. The maximum atomic E-state index is 12.3. The van der Waals surface area contributed by atoms with E-state index in [9.17, 15) is 13.2 Å². The Bertz CT molecular complexity index is 680. The summed E-state index contributed by atoms with van der Waals surface area (Å²) in [5.41, 5.74) is 0.503. The summed E-state index contributed by atoms with van der Waals surface area (Å²) in [4.78, 5) is 11.5. The maximum absolute atomic E-state index is 12.3. The van der Waals surface area contributed by atoms with Crippen molar-refractivity contribution in [2.75, 3.05) is 25.8 Å². The van der Waals surface area contributed by atoms with E-state index >= 15 is 0 Å². The van der Waals surface area contributed by atoms with Crippen molar-refractivity contribution in [3.05, 3.63) is 10.9 Å². The van der Waals surface area contributed by atoms with Gasteiger partial charge in [0.05, 0.1) is 13.2 Å². The highest BCUT2D eigenvalue weighted by atomic mass is 32.2. The Morgan fingerprint density at radius 2 is 2.23 bits per heavy atom. The lowest BCUT2D eigenvalue weighted by atomic mass is 10.3. The molecule has 1 aliphatic rings. The molecule has 8 nitrogen and oxygen atoms in total. The number of nitrogens with zero attached hydrogens (tertiary/aromatic N) is 1. The Kier molecular flexibility index (Phi) is 5.51. The molecule has 0 spiro atoms. The van der Waals surface area contributed by atoms with Crippen LogP contribution in [0.15, 0.2) is 14.7 Å². The number of fused-ring (bicyclic) bond motifs is 1. The highest BCUT2D eigenvalue weighted by Gasteiger charge is 2.30. The Hall–Kier alpha value is -1.49. The van der Waals surface area contributed by atoms with Gasteiger partial charge in [0.15, 0.2) is 0 Å². The van der Waals surface area contributed by atoms with Gasteiger partial charge in [0, 0.05) is 12.7 Å². The van der Waals surface area contributed by atoms with Crippen molar-refractivity contribution in [2.24, 2.45) is 4.40 Å². The molecule has 0 bridgehead atoms. The fourth-order valence-electron chi connectivity index (χ4n) is 1.86. The summed E-state index contributed by atoms with van der Waals surface area (Å²) in [7, 11) is -2.39. The molecule has 0 atom stereocenters. The quantitative estimate of drug-likeness (QED) is 0.450. The summed E-state index contributed by atoms with van der Waals surface area (Å²) in [5.74, 6) is -0.482. The third-order valence-corrected chi connectivity index (χ3v) is 5.16. The number of ether oxygens (including phenoxy) is 3. The van der Waals surface area contributed by atoms with Crippen molar-refractivity contribution >= 4 is 38.2 Å². The first kappa shape index (κ1) is 16.9. The predicted octanol–water partition coefficient (Wildman–Crippen LogP) is 1.33. The molecule has 2 heterocycles. The molecule has 1 aromatic heterocycles. The number of rotatable bonds is 7. The molecule has 122 valence electrons. The number of nitrogens with one attached hydrogen (secondary N) is 1. The van der Waals surface area contributed by atoms with Gasteiger partial charge >= 0.3 is 5.97 Å². The first-order chi connectivity index (χ1) is 10.5. The topological polar surface area (TPSA) is 103 Å². The van der Waals surface area contributed by atoms with Crippen LogP contribution in [0.2, 0.25) is 0 Å². The lowest BCUT2D eigenvalue weighted by Crippen LogP contribution is -2.24. The fraction of sp³-hybridized carbons (Fsp3) is 0.500. The molecular weight excluding hydrogens is 332 g/mol. The number of esters is 1. The molecule has 0 saturated carbocycles. The zero-order valence-corrected chi connectivity index (χ0v) is 13.8. The van der Waals surface area contributed by atoms with Crippen LogP contribution in [0, 0.1) is 0 Å². The fourth-order valence-corrected chi connectivity index (χ4v) is 4.48. The number of hydrogen-bond acceptors (Lipinski definition) is 8. The number of hydrogen-bond donors (Lipinski definition) is 1. The average Bonchev–Trinajstić information content (AvgIpc) is 2.82. The summed E-state index contributed by atoms with van der Waals surface area (Å²) in [6.07, 6.45) is -0.222. The summed E-state index contributed by atoms with van der Waals surface area (Å²) in [6.45, 7) is 2.07. The zero-order chi connectivity index (χ0) is 16.2. The molecule has 1 N–H and O–H groups in total. The number of methoxy groups -OCH3 is 1. The van der Waals surface area contributed by atoms with Crippen LogP contribution < -0.4 is 5.32 Å². The number of anilines is 1. The summed E-state index contributed by atoms with van der Waals surface area (Å²) < 4.78 is 42.9. The average molecular weight is 348 g/mol. The minimum absolute atomic E-state index is 0.0529. The van der Waals surface area contributed by atoms with Crippen molar-refractivity contribution in [2.45, 2.75) is 24.8 Å². The molecule has 2 rings (SSSR count). The second-order valence-corrected chi connectivity index (χ2v) is 6.71. The van der Waals surface area contributed by atoms with Gasteiger partial charge in [-0.3, -0.25) is 4.79 Å². The van der Waals surface area contributed by atoms with Crippen molar-refractivity contribution in [3.8, 4) is 0 Å². The molecule has 0 unspecified atom stereocenters. The molecule has 0 aliphatic carbocycles. The number of amidine groups is 1. The van der Waals surface area contributed by atoms with Crippen molar-refractivity contribution in [1.29, 1.82) is 0 Å². The first-order valence-corrected chi connectivity index (χ1v) is 8.73. The van der Waals surface area contributed by atoms with Gasteiger partial charge in [-0.05, 0) is 12.3 Å². The van der Waals surface area contributed by atoms with Gasteiger partial charge in [-0.15, -0.1) is 15.7 Å². The normalized spacial score (nSPS) is 15.6. The number of carbonyl (C=O) groups is 1. The third-order valence-electron chi connectivity index (χ3n) is 2.64. The number of sulfonamides is 1. The van der Waals surface area contributed by atoms with E-state index in [0.29, 0.717) is 10.6 Å². The molecule has 0 radical (unpaired) electrons. The molecule has 0 aromatic carbocycles. The highest BCUT2D eigenvalue weighted by Crippen LogP contribution is 2.37. The second kappa shape index (κ2) is 7.18. The van der Waals surface area contributed by atoms with Gasteiger partial charge in [-0.2, -0.15) is 8.42 Å². The Labute approximate surface area is 132 Å². The van der Waals surface area contributed by atoms with E-state index in [4.69, 9.17) is 14.2 Å². The summed E-state index contributed by atoms with van der Waals surface area (Å²) >= 11 is 1.21. The van der Waals surface area contributed by atoms with Crippen LogP contribution in [0.3, 0.4) is 0 Å². The van der Waals surface area contributed by atoms with E-state index in [-0.39, 0.29) is 37.2 Å². The Balaban J connectivity index is 2.19. The van der Waals surface area contributed by atoms with Crippen molar-refractivity contribution in [3.63, 3.8) is 0 Å². The van der Waals surface area contributed by atoms with Gasteiger partial charge in [0.1, 0.15) is 28.9 Å². The monoisotopic (exact) mass is 348 g/mol. The third kappa shape index (κ3) is 3.83. The molecule has 1 aromatic rings. The SMILES string of the molecule is CCOC(=O)CC1=NS(=O)(=O)c2c(COCOC)csc2N1. The van der Waals surface area contributed by atoms with Gasteiger partial charge in [-0.1, -0.05) is 0 Å². The van der Waals surface area contributed by atoms with E-state index in [1.165, 1.54) is 18.4 Å². The van der Waals surface area contributed by atoms with Crippen LogP contribution >= 0.6 is 11.3 Å². The summed E-state index contributed by atoms with van der Waals surface area (Å²) in [5, 5.41) is 4.95. The lowest BCUT2D eigenvalue weighted by Gasteiger charge is -2.15. The molecule has 0 amide bonds. The molecule has 0 saturated heterocycles. The number of carbonyl (C=O) groups excluding carboxylic acids is 1. The van der Waals surface area contributed by atoms with Crippen LogP contribution in [0.5, 0.6) is 0 Å². The predicted molar refractivity (Wildman–Crippen MR) is 80.5 cm³/mol. The van der Waals surface area contributed by atoms with Crippen LogP contribution in [-0.2, 0) is 35.6 Å². The van der Waals surface area contributed by atoms with Gasteiger partial charge in [0.2, 0.25) is 0 Å². The van der Waals surface area contributed by atoms with Gasteiger partial charge < -0.3 is 19.5 Å². The van der Waals surface area contributed by atoms with Gasteiger partial charge in [-0.25, -0.2) is 0 Å². The molecule has 0 fully saturated rings. The molecule has 1 aliphatic heterocycles. The highest BCUT2D eigenvalue weighted by molar-refractivity contribution is 7.90. The second-order valence-electron chi connectivity index (χ2n) is 4.29. The van der Waals surface area contributed by atoms with E-state index in [0.717, 1.165) is 0 Å².